The number of rotatable bonds is 7. The summed E-state index contributed by atoms with van der Waals surface area (Å²) in [6.07, 6.45) is -5.11. The minimum atomic E-state index is -4.27. The zero-order chi connectivity index (χ0) is 15.5. The number of ether oxygens (including phenoxy) is 1. The van der Waals surface area contributed by atoms with Gasteiger partial charge in [0.25, 0.3) is 0 Å². The van der Waals surface area contributed by atoms with Gasteiger partial charge >= 0.3 is 6.18 Å². The number of hydrogen-bond donors (Lipinski definition) is 2. The van der Waals surface area contributed by atoms with Crippen molar-refractivity contribution in [2.24, 2.45) is 0 Å². The molecule has 0 amide bonds. The Morgan fingerprint density at radius 1 is 1.29 bits per heavy atom. The van der Waals surface area contributed by atoms with Crippen LogP contribution in [0.5, 0.6) is 0 Å². The van der Waals surface area contributed by atoms with E-state index in [9.17, 15) is 18.3 Å². The van der Waals surface area contributed by atoms with Crippen LogP contribution in [0, 0.1) is 0 Å². The Balaban J connectivity index is 1.66. The standard InChI is InChI=1S/C14H17ClF3NO2/c15-11-3-1-10(2-4-11)8-21-9-12(20)7-19-13(5-6-13)14(16,17)18/h1-4,12,19-20H,5-9H2. The summed E-state index contributed by atoms with van der Waals surface area (Å²) < 4.78 is 43.3. The molecule has 0 radical (unpaired) electrons. The molecule has 1 aromatic rings. The summed E-state index contributed by atoms with van der Waals surface area (Å²) in [6, 6.07) is 7.02. The predicted molar refractivity (Wildman–Crippen MR) is 73.1 cm³/mol. The minimum absolute atomic E-state index is 0.0242. The summed E-state index contributed by atoms with van der Waals surface area (Å²) in [6.45, 7) is 0.113. The number of halogens is 4. The predicted octanol–water partition coefficient (Wildman–Crippen LogP) is 2.90. The second-order valence-electron chi connectivity index (χ2n) is 5.26. The van der Waals surface area contributed by atoms with Crippen molar-refractivity contribution in [3.05, 3.63) is 34.9 Å². The fourth-order valence-electron chi connectivity index (χ4n) is 1.95. The summed E-state index contributed by atoms with van der Waals surface area (Å²) >= 11 is 5.74. The van der Waals surface area contributed by atoms with Crippen molar-refractivity contribution < 1.29 is 23.0 Å². The van der Waals surface area contributed by atoms with Gasteiger partial charge in [-0.25, -0.2) is 0 Å². The summed E-state index contributed by atoms with van der Waals surface area (Å²) in [5.74, 6) is 0. The number of aliphatic hydroxyl groups is 1. The third-order valence-electron chi connectivity index (χ3n) is 3.46. The highest BCUT2D eigenvalue weighted by atomic mass is 35.5. The Labute approximate surface area is 126 Å². The van der Waals surface area contributed by atoms with Crippen LogP contribution >= 0.6 is 11.6 Å². The minimum Gasteiger partial charge on any atom is -0.389 e. The molecule has 0 saturated heterocycles. The molecule has 2 N–H and O–H groups in total. The third kappa shape index (κ3) is 4.57. The summed E-state index contributed by atoms with van der Waals surface area (Å²) in [5, 5.41) is 12.7. The van der Waals surface area contributed by atoms with Gasteiger partial charge in [0.1, 0.15) is 5.54 Å². The Hall–Kier alpha value is -0.820. The molecule has 0 spiro atoms. The number of β-amino-alcohol motifs (C(OH)–C–C–N with tert-alkyl or cyclic N) is 1. The van der Waals surface area contributed by atoms with Gasteiger partial charge in [0.15, 0.2) is 0 Å². The van der Waals surface area contributed by atoms with Crippen LogP contribution in [-0.4, -0.2) is 36.1 Å². The van der Waals surface area contributed by atoms with Gasteiger partial charge in [-0.05, 0) is 30.5 Å². The molecule has 1 unspecified atom stereocenters. The fraction of sp³-hybridized carbons (Fsp3) is 0.571. The molecule has 1 aliphatic rings. The van der Waals surface area contributed by atoms with Crippen molar-refractivity contribution in [3.63, 3.8) is 0 Å². The first-order valence-corrected chi connectivity index (χ1v) is 7.02. The molecule has 21 heavy (non-hydrogen) atoms. The van der Waals surface area contributed by atoms with Gasteiger partial charge in [0.2, 0.25) is 0 Å². The average Bonchev–Trinajstić information content (AvgIpc) is 3.19. The van der Waals surface area contributed by atoms with Crippen LogP contribution in [0.15, 0.2) is 24.3 Å². The molecule has 0 bridgehead atoms. The quantitative estimate of drug-likeness (QED) is 0.810. The van der Waals surface area contributed by atoms with Crippen molar-refractivity contribution in [2.45, 2.75) is 37.3 Å². The maximum absolute atomic E-state index is 12.7. The lowest BCUT2D eigenvalue weighted by Gasteiger charge is -2.22. The lowest BCUT2D eigenvalue weighted by Crippen LogP contribution is -2.48. The summed E-state index contributed by atoms with van der Waals surface area (Å²) in [7, 11) is 0. The fourth-order valence-corrected chi connectivity index (χ4v) is 2.08. The summed E-state index contributed by atoms with van der Waals surface area (Å²) in [5.41, 5.74) is -0.919. The van der Waals surface area contributed by atoms with Gasteiger partial charge in [-0.2, -0.15) is 13.2 Å². The van der Waals surface area contributed by atoms with Crippen LogP contribution in [0.1, 0.15) is 18.4 Å². The van der Waals surface area contributed by atoms with Gasteiger partial charge in [0.05, 0.1) is 19.3 Å². The molecule has 0 aromatic heterocycles. The maximum atomic E-state index is 12.7. The van der Waals surface area contributed by atoms with Crippen molar-refractivity contribution >= 4 is 11.6 Å². The van der Waals surface area contributed by atoms with Crippen molar-refractivity contribution in [3.8, 4) is 0 Å². The molecule has 2 rings (SSSR count). The van der Waals surface area contributed by atoms with Gasteiger partial charge in [0, 0.05) is 11.6 Å². The Morgan fingerprint density at radius 2 is 1.90 bits per heavy atom. The Bertz CT molecular complexity index is 460. The second-order valence-corrected chi connectivity index (χ2v) is 5.69. The average molecular weight is 324 g/mol. The molecular formula is C14H17ClF3NO2. The monoisotopic (exact) mass is 323 g/mol. The topological polar surface area (TPSA) is 41.5 Å². The molecule has 7 heteroatoms. The normalized spacial score (nSPS) is 18.5. The molecule has 118 valence electrons. The van der Waals surface area contributed by atoms with Crippen molar-refractivity contribution in [1.29, 1.82) is 0 Å². The van der Waals surface area contributed by atoms with E-state index in [0.717, 1.165) is 5.56 Å². The molecule has 0 aliphatic heterocycles. The third-order valence-corrected chi connectivity index (χ3v) is 3.71. The molecule has 1 aliphatic carbocycles. The van der Waals surface area contributed by atoms with E-state index in [2.05, 4.69) is 5.32 Å². The van der Waals surface area contributed by atoms with Gasteiger partial charge in [-0.15, -0.1) is 0 Å². The molecule has 1 atom stereocenters. The lowest BCUT2D eigenvalue weighted by atomic mass is 10.2. The van der Waals surface area contributed by atoms with Crippen molar-refractivity contribution in [2.75, 3.05) is 13.2 Å². The lowest BCUT2D eigenvalue weighted by molar-refractivity contribution is -0.167. The van der Waals surface area contributed by atoms with E-state index in [1.807, 2.05) is 0 Å². The van der Waals surface area contributed by atoms with E-state index in [-0.39, 0.29) is 32.6 Å². The zero-order valence-corrected chi connectivity index (χ0v) is 12.0. The molecular weight excluding hydrogens is 307 g/mol. The first-order valence-electron chi connectivity index (χ1n) is 6.64. The number of hydrogen-bond acceptors (Lipinski definition) is 3. The smallest absolute Gasteiger partial charge is 0.389 e. The molecule has 3 nitrogen and oxygen atoms in total. The highest BCUT2D eigenvalue weighted by Crippen LogP contribution is 2.48. The number of nitrogens with one attached hydrogen (secondary N) is 1. The zero-order valence-electron chi connectivity index (χ0n) is 11.3. The van der Waals surface area contributed by atoms with E-state index in [1.54, 1.807) is 24.3 Å². The highest BCUT2D eigenvalue weighted by Gasteiger charge is 2.63. The number of alkyl halides is 3. The van der Waals surface area contributed by atoms with E-state index in [0.29, 0.717) is 5.02 Å². The largest absolute Gasteiger partial charge is 0.406 e. The highest BCUT2D eigenvalue weighted by molar-refractivity contribution is 6.30. The van der Waals surface area contributed by atoms with Crippen LogP contribution in [0.3, 0.4) is 0 Å². The van der Waals surface area contributed by atoms with Crippen LogP contribution in [0.2, 0.25) is 5.02 Å². The van der Waals surface area contributed by atoms with Crippen LogP contribution in [0.25, 0.3) is 0 Å². The van der Waals surface area contributed by atoms with Crippen LogP contribution < -0.4 is 5.32 Å². The van der Waals surface area contributed by atoms with Gasteiger partial charge < -0.3 is 15.2 Å². The summed E-state index contributed by atoms with van der Waals surface area (Å²) in [4.78, 5) is 0. The first kappa shape index (κ1) is 16.5. The van der Waals surface area contributed by atoms with Crippen LogP contribution in [0.4, 0.5) is 13.2 Å². The number of benzene rings is 1. The molecule has 1 aromatic carbocycles. The first-order chi connectivity index (χ1) is 9.82. The van der Waals surface area contributed by atoms with E-state index >= 15 is 0 Å². The number of aliphatic hydroxyl groups excluding tert-OH is 1. The second kappa shape index (κ2) is 6.52. The Kier molecular flexibility index (Phi) is 5.14. The van der Waals surface area contributed by atoms with E-state index in [4.69, 9.17) is 16.3 Å². The molecule has 1 fully saturated rings. The van der Waals surface area contributed by atoms with E-state index < -0.39 is 17.8 Å². The maximum Gasteiger partial charge on any atom is 0.406 e. The SMILES string of the molecule is OC(CNC1(C(F)(F)F)CC1)COCc1ccc(Cl)cc1. The van der Waals surface area contributed by atoms with E-state index in [1.165, 1.54) is 0 Å². The van der Waals surface area contributed by atoms with Crippen molar-refractivity contribution in [1.82, 2.24) is 5.32 Å². The van der Waals surface area contributed by atoms with Gasteiger partial charge in [-0.3, -0.25) is 0 Å². The van der Waals surface area contributed by atoms with Crippen LogP contribution in [-0.2, 0) is 11.3 Å². The molecule has 1 saturated carbocycles. The van der Waals surface area contributed by atoms with Gasteiger partial charge in [-0.1, -0.05) is 23.7 Å². The molecule has 0 heterocycles. The Morgan fingerprint density at radius 3 is 2.43 bits per heavy atom.